The number of ether oxygens (including phenoxy) is 1. The minimum atomic E-state index is -0.821. The maximum absolute atomic E-state index is 11.8. The Balaban J connectivity index is 2.92. The first-order chi connectivity index (χ1) is 8.86. The molecule has 1 aromatic carbocycles. The van der Waals surface area contributed by atoms with Crippen molar-refractivity contribution in [3.8, 4) is 0 Å². The quantitative estimate of drug-likeness (QED) is 0.501. The van der Waals surface area contributed by atoms with Crippen molar-refractivity contribution in [2.45, 2.75) is 19.9 Å². The number of aryl methyl sites for hydroxylation is 1. The molecule has 0 spiro atoms. The second-order valence-corrected chi connectivity index (χ2v) is 3.98. The summed E-state index contributed by atoms with van der Waals surface area (Å²) in [6, 6.07) is 3.30. The lowest BCUT2D eigenvalue weighted by molar-refractivity contribution is -0.385. The topological polar surface area (TPSA) is 98.5 Å². The maximum atomic E-state index is 11.8. The second-order valence-electron chi connectivity index (χ2n) is 3.98. The van der Waals surface area contributed by atoms with Crippen LogP contribution in [0.2, 0.25) is 0 Å². The third-order valence-electron chi connectivity index (χ3n) is 2.57. The molecule has 19 heavy (non-hydrogen) atoms. The van der Waals surface area contributed by atoms with Crippen molar-refractivity contribution in [2.24, 2.45) is 0 Å². The third-order valence-corrected chi connectivity index (χ3v) is 2.57. The summed E-state index contributed by atoms with van der Waals surface area (Å²) >= 11 is 0. The molecule has 1 unspecified atom stereocenters. The van der Waals surface area contributed by atoms with Crippen molar-refractivity contribution < 1.29 is 19.2 Å². The lowest BCUT2D eigenvalue weighted by Crippen LogP contribution is -2.39. The van der Waals surface area contributed by atoms with Gasteiger partial charge in [-0.15, -0.1) is 0 Å². The molecule has 0 fully saturated rings. The van der Waals surface area contributed by atoms with Crippen molar-refractivity contribution in [3.05, 3.63) is 39.4 Å². The van der Waals surface area contributed by atoms with Gasteiger partial charge >= 0.3 is 5.97 Å². The predicted octanol–water partition coefficient (Wildman–Crippen LogP) is 1.19. The van der Waals surface area contributed by atoms with Gasteiger partial charge in [0.2, 0.25) is 0 Å². The highest BCUT2D eigenvalue weighted by Gasteiger charge is 2.19. The summed E-state index contributed by atoms with van der Waals surface area (Å²) in [6.45, 7) is 3.04. The van der Waals surface area contributed by atoms with Crippen molar-refractivity contribution >= 4 is 17.6 Å². The number of nitrogens with zero attached hydrogens (tertiary/aromatic N) is 1. The number of esters is 1. The number of nitrogens with one attached hydrogen (secondary N) is 1. The van der Waals surface area contributed by atoms with E-state index in [-0.39, 0.29) is 11.3 Å². The summed E-state index contributed by atoms with van der Waals surface area (Å²) in [5.41, 5.74) is 0.439. The van der Waals surface area contributed by atoms with E-state index in [1.807, 2.05) is 0 Å². The maximum Gasteiger partial charge on any atom is 0.328 e. The zero-order valence-corrected chi connectivity index (χ0v) is 10.8. The Kier molecular flexibility index (Phi) is 4.57. The summed E-state index contributed by atoms with van der Waals surface area (Å²) in [6.07, 6.45) is 0. The molecule has 0 aliphatic rings. The number of nitro groups is 1. The van der Waals surface area contributed by atoms with Crippen LogP contribution >= 0.6 is 0 Å². The van der Waals surface area contributed by atoms with Crippen LogP contribution in [0.4, 0.5) is 5.69 Å². The molecule has 0 heterocycles. The molecule has 0 radical (unpaired) electrons. The van der Waals surface area contributed by atoms with E-state index in [9.17, 15) is 19.7 Å². The van der Waals surface area contributed by atoms with Crippen LogP contribution < -0.4 is 5.32 Å². The van der Waals surface area contributed by atoms with E-state index in [2.05, 4.69) is 10.1 Å². The molecular formula is C12H14N2O5. The van der Waals surface area contributed by atoms with Gasteiger partial charge in [-0.05, 0) is 19.9 Å². The Hall–Kier alpha value is -2.44. The summed E-state index contributed by atoms with van der Waals surface area (Å²) < 4.78 is 4.47. The lowest BCUT2D eigenvalue weighted by atomic mass is 10.1. The monoisotopic (exact) mass is 266 g/mol. The van der Waals surface area contributed by atoms with Crippen LogP contribution in [-0.2, 0) is 9.53 Å². The first kappa shape index (κ1) is 14.6. The fraction of sp³-hybridized carbons (Fsp3) is 0.333. The molecule has 7 heteroatoms. The van der Waals surface area contributed by atoms with Gasteiger partial charge in [0.05, 0.1) is 12.0 Å². The van der Waals surface area contributed by atoms with E-state index in [0.717, 1.165) is 0 Å². The Morgan fingerprint density at radius 2 is 2.05 bits per heavy atom. The third kappa shape index (κ3) is 3.51. The molecule has 0 aliphatic carbocycles. The Bertz CT molecular complexity index is 527. The average Bonchev–Trinajstić information content (AvgIpc) is 2.37. The number of hydrogen-bond acceptors (Lipinski definition) is 5. The number of methoxy groups -OCH3 is 1. The molecule has 1 atom stereocenters. The summed E-state index contributed by atoms with van der Waals surface area (Å²) in [7, 11) is 1.21. The molecule has 102 valence electrons. The minimum Gasteiger partial charge on any atom is -0.467 e. The van der Waals surface area contributed by atoms with Gasteiger partial charge in [0.25, 0.3) is 11.6 Å². The number of hydrogen-bond donors (Lipinski definition) is 1. The number of amides is 1. The van der Waals surface area contributed by atoms with Crippen LogP contribution in [0, 0.1) is 17.0 Å². The lowest BCUT2D eigenvalue weighted by Gasteiger charge is -2.11. The standard InChI is InChI=1S/C12H14N2O5/c1-7-4-5-9(6-10(7)14(17)18)11(15)13-8(2)12(16)19-3/h4-6,8H,1-3H3,(H,13,15). The summed E-state index contributed by atoms with van der Waals surface area (Å²) in [5, 5.41) is 13.2. The largest absolute Gasteiger partial charge is 0.467 e. The van der Waals surface area contributed by atoms with Crippen LogP contribution in [0.3, 0.4) is 0 Å². The van der Waals surface area contributed by atoms with E-state index in [4.69, 9.17) is 0 Å². The number of benzene rings is 1. The van der Waals surface area contributed by atoms with Gasteiger partial charge in [0.15, 0.2) is 0 Å². The fourth-order valence-corrected chi connectivity index (χ4v) is 1.46. The molecule has 0 aliphatic heterocycles. The van der Waals surface area contributed by atoms with Gasteiger partial charge < -0.3 is 10.1 Å². The van der Waals surface area contributed by atoms with Crippen molar-refractivity contribution in [1.29, 1.82) is 0 Å². The molecular weight excluding hydrogens is 252 g/mol. The van der Waals surface area contributed by atoms with E-state index < -0.39 is 22.8 Å². The van der Waals surface area contributed by atoms with Gasteiger partial charge in [-0.1, -0.05) is 6.07 Å². The molecule has 0 aromatic heterocycles. The molecule has 0 saturated carbocycles. The van der Waals surface area contributed by atoms with Crippen LogP contribution in [0.5, 0.6) is 0 Å². The predicted molar refractivity (Wildman–Crippen MR) is 66.8 cm³/mol. The van der Waals surface area contributed by atoms with Crippen molar-refractivity contribution in [3.63, 3.8) is 0 Å². The SMILES string of the molecule is COC(=O)C(C)NC(=O)c1ccc(C)c([N+](=O)[O-])c1. The van der Waals surface area contributed by atoms with Crippen molar-refractivity contribution in [2.75, 3.05) is 7.11 Å². The highest BCUT2D eigenvalue weighted by Crippen LogP contribution is 2.19. The minimum absolute atomic E-state index is 0.119. The molecule has 1 aromatic rings. The van der Waals surface area contributed by atoms with Crippen LogP contribution in [0.1, 0.15) is 22.8 Å². The van der Waals surface area contributed by atoms with Gasteiger partial charge in [-0.3, -0.25) is 14.9 Å². The number of rotatable bonds is 4. The van der Waals surface area contributed by atoms with E-state index >= 15 is 0 Å². The summed E-state index contributed by atoms with van der Waals surface area (Å²) in [4.78, 5) is 33.2. The average molecular weight is 266 g/mol. The number of carbonyl (C=O) groups excluding carboxylic acids is 2. The zero-order valence-electron chi connectivity index (χ0n) is 10.8. The first-order valence-corrected chi connectivity index (χ1v) is 5.50. The summed E-state index contributed by atoms with van der Waals surface area (Å²) in [5.74, 6) is -1.16. The van der Waals surface area contributed by atoms with Crippen LogP contribution in [0.15, 0.2) is 18.2 Å². The molecule has 0 bridgehead atoms. The Morgan fingerprint density at radius 3 is 2.58 bits per heavy atom. The Morgan fingerprint density at radius 1 is 1.42 bits per heavy atom. The van der Waals surface area contributed by atoms with Crippen LogP contribution in [-0.4, -0.2) is 30.0 Å². The van der Waals surface area contributed by atoms with Crippen molar-refractivity contribution in [1.82, 2.24) is 5.32 Å². The molecule has 1 amide bonds. The Labute approximate surface area is 109 Å². The first-order valence-electron chi connectivity index (χ1n) is 5.50. The zero-order chi connectivity index (χ0) is 14.6. The fourth-order valence-electron chi connectivity index (χ4n) is 1.46. The number of carbonyl (C=O) groups is 2. The second kappa shape index (κ2) is 5.94. The van der Waals surface area contributed by atoms with Gasteiger partial charge in [0, 0.05) is 17.2 Å². The van der Waals surface area contributed by atoms with Crippen LogP contribution in [0.25, 0.3) is 0 Å². The normalized spacial score (nSPS) is 11.5. The van der Waals surface area contributed by atoms with E-state index in [1.54, 1.807) is 6.92 Å². The molecule has 0 saturated heterocycles. The van der Waals surface area contributed by atoms with E-state index in [1.165, 1.54) is 32.2 Å². The van der Waals surface area contributed by atoms with Gasteiger partial charge in [0.1, 0.15) is 6.04 Å². The molecule has 1 N–H and O–H groups in total. The highest BCUT2D eigenvalue weighted by molar-refractivity contribution is 5.97. The van der Waals surface area contributed by atoms with Gasteiger partial charge in [-0.25, -0.2) is 4.79 Å². The number of nitro benzene ring substituents is 1. The molecule has 7 nitrogen and oxygen atoms in total. The molecule has 1 rings (SSSR count). The smallest absolute Gasteiger partial charge is 0.328 e. The van der Waals surface area contributed by atoms with Gasteiger partial charge in [-0.2, -0.15) is 0 Å². The van der Waals surface area contributed by atoms with E-state index in [0.29, 0.717) is 5.56 Å². The highest BCUT2D eigenvalue weighted by atomic mass is 16.6.